The molecule has 1 heterocycles. The zero-order chi connectivity index (χ0) is 13.2. The van der Waals surface area contributed by atoms with Crippen molar-refractivity contribution < 1.29 is 14.4 Å². The molecule has 6 nitrogen and oxygen atoms in total. The number of carbonyl (C=O) groups is 3. The molecule has 3 amide bonds. The fourth-order valence-electron chi connectivity index (χ4n) is 2.17. The smallest absolute Gasteiger partial charge is 0.245 e. The van der Waals surface area contributed by atoms with Gasteiger partial charge in [-0.25, -0.2) is 0 Å². The van der Waals surface area contributed by atoms with E-state index in [1.54, 1.807) is 6.92 Å². The number of nitrogens with one attached hydrogen (secondary N) is 1. The van der Waals surface area contributed by atoms with Gasteiger partial charge in [0, 0.05) is 13.5 Å². The van der Waals surface area contributed by atoms with Gasteiger partial charge in [0.2, 0.25) is 17.7 Å². The van der Waals surface area contributed by atoms with Crippen LogP contribution in [-0.4, -0.2) is 41.2 Å². The first kappa shape index (κ1) is 13.5. The van der Waals surface area contributed by atoms with Gasteiger partial charge in [0.15, 0.2) is 0 Å². The zero-order valence-electron chi connectivity index (χ0n) is 10.4. The van der Waals surface area contributed by atoms with Gasteiger partial charge in [-0.05, 0) is 19.3 Å². The van der Waals surface area contributed by atoms with Crippen LogP contribution in [0.15, 0.2) is 0 Å². The minimum atomic E-state index is -0.625. The Kier molecular flexibility index (Phi) is 4.09. The number of rotatable bonds is 3. The van der Waals surface area contributed by atoms with Gasteiger partial charge in [-0.1, -0.05) is 6.92 Å². The highest BCUT2D eigenvalue weighted by molar-refractivity contribution is 5.91. The maximum atomic E-state index is 12.0. The third kappa shape index (κ3) is 3.18. The third-order valence-electron chi connectivity index (χ3n) is 2.91. The summed E-state index contributed by atoms with van der Waals surface area (Å²) in [5.74, 6) is -0.763. The Morgan fingerprint density at radius 3 is 2.47 bits per heavy atom. The molecule has 1 aliphatic heterocycles. The van der Waals surface area contributed by atoms with Crippen molar-refractivity contribution in [3.8, 4) is 0 Å². The summed E-state index contributed by atoms with van der Waals surface area (Å²) in [6.07, 6.45) is 0.591. The van der Waals surface area contributed by atoms with E-state index in [9.17, 15) is 14.4 Å². The predicted molar refractivity (Wildman–Crippen MR) is 61.8 cm³/mol. The topological polar surface area (TPSA) is 92.5 Å². The first-order valence-electron chi connectivity index (χ1n) is 5.69. The number of likely N-dealkylation sites (tertiary alicyclic amines) is 1. The van der Waals surface area contributed by atoms with Crippen LogP contribution >= 0.6 is 0 Å². The summed E-state index contributed by atoms with van der Waals surface area (Å²) in [6.45, 7) is 5.43. The molecule has 1 rings (SSSR count). The summed E-state index contributed by atoms with van der Waals surface area (Å²) in [5, 5.41) is 2.51. The van der Waals surface area contributed by atoms with Crippen LogP contribution in [0, 0.1) is 5.92 Å². The quantitative estimate of drug-likeness (QED) is 0.679. The molecule has 1 fully saturated rings. The summed E-state index contributed by atoms with van der Waals surface area (Å²) in [7, 11) is 0. The van der Waals surface area contributed by atoms with E-state index in [0.29, 0.717) is 13.0 Å². The van der Waals surface area contributed by atoms with Gasteiger partial charge in [0.05, 0.1) is 0 Å². The largest absolute Gasteiger partial charge is 0.368 e. The minimum Gasteiger partial charge on any atom is -0.368 e. The standard InChI is InChI=1S/C11H19N3O3/c1-6-4-9(10(12)16)14(5-6)11(17)7(2)13-8(3)15/h6-7,9H,4-5H2,1-3H3,(H2,12,16)(H,13,15)/t6-,7-,9-/m0/s1. The van der Waals surface area contributed by atoms with Gasteiger partial charge in [-0.15, -0.1) is 0 Å². The SMILES string of the molecule is CC(=O)N[C@@H](C)C(=O)N1C[C@@H](C)C[C@H]1C(N)=O. The van der Waals surface area contributed by atoms with Gasteiger partial charge in [-0.3, -0.25) is 14.4 Å². The van der Waals surface area contributed by atoms with E-state index in [-0.39, 0.29) is 17.7 Å². The minimum absolute atomic E-state index is 0.251. The maximum absolute atomic E-state index is 12.0. The fraction of sp³-hybridized carbons (Fsp3) is 0.727. The lowest BCUT2D eigenvalue weighted by molar-refractivity contribution is -0.140. The number of hydrogen-bond acceptors (Lipinski definition) is 3. The second-order valence-corrected chi connectivity index (χ2v) is 4.67. The summed E-state index contributed by atoms with van der Waals surface area (Å²) in [5.41, 5.74) is 5.27. The average molecular weight is 241 g/mol. The van der Waals surface area contributed by atoms with Crippen LogP contribution in [0.25, 0.3) is 0 Å². The summed E-state index contributed by atoms with van der Waals surface area (Å²) >= 11 is 0. The molecule has 0 bridgehead atoms. The summed E-state index contributed by atoms with van der Waals surface area (Å²) in [4.78, 5) is 35.6. The predicted octanol–water partition coefficient (Wildman–Crippen LogP) is -0.767. The molecule has 0 aromatic carbocycles. The number of amides is 3. The van der Waals surface area contributed by atoms with Gasteiger partial charge in [-0.2, -0.15) is 0 Å². The lowest BCUT2D eigenvalue weighted by Gasteiger charge is -2.25. The lowest BCUT2D eigenvalue weighted by atomic mass is 10.1. The number of nitrogens with zero attached hydrogens (tertiary/aromatic N) is 1. The molecule has 0 aromatic heterocycles. The van der Waals surface area contributed by atoms with E-state index in [0.717, 1.165) is 0 Å². The molecule has 3 atom stereocenters. The summed E-state index contributed by atoms with van der Waals surface area (Å²) in [6, 6.07) is -1.17. The highest BCUT2D eigenvalue weighted by atomic mass is 16.2. The van der Waals surface area contributed by atoms with Crippen molar-refractivity contribution in [2.45, 2.75) is 39.3 Å². The normalized spacial score (nSPS) is 25.5. The molecular formula is C11H19N3O3. The van der Waals surface area contributed by atoms with Crippen molar-refractivity contribution in [3.63, 3.8) is 0 Å². The average Bonchev–Trinajstić information content (AvgIpc) is 2.58. The maximum Gasteiger partial charge on any atom is 0.245 e. The molecule has 3 N–H and O–H groups in total. The van der Waals surface area contributed by atoms with Gasteiger partial charge < -0.3 is 16.0 Å². The monoisotopic (exact) mass is 241 g/mol. The van der Waals surface area contributed by atoms with Crippen LogP contribution in [0.1, 0.15) is 27.2 Å². The van der Waals surface area contributed by atoms with Gasteiger partial charge in [0.1, 0.15) is 12.1 Å². The zero-order valence-corrected chi connectivity index (χ0v) is 10.4. The van der Waals surface area contributed by atoms with Crippen molar-refractivity contribution >= 4 is 17.7 Å². The van der Waals surface area contributed by atoms with E-state index in [4.69, 9.17) is 5.73 Å². The van der Waals surface area contributed by atoms with E-state index < -0.39 is 18.0 Å². The van der Waals surface area contributed by atoms with E-state index in [1.165, 1.54) is 11.8 Å². The highest BCUT2D eigenvalue weighted by Gasteiger charge is 2.38. The third-order valence-corrected chi connectivity index (χ3v) is 2.91. The van der Waals surface area contributed by atoms with Crippen LogP contribution < -0.4 is 11.1 Å². The van der Waals surface area contributed by atoms with E-state index in [1.807, 2.05) is 6.92 Å². The molecule has 17 heavy (non-hydrogen) atoms. The van der Waals surface area contributed by atoms with Crippen LogP contribution in [0.3, 0.4) is 0 Å². The Labute approximate surface area is 101 Å². The van der Waals surface area contributed by atoms with Crippen LogP contribution in [0.2, 0.25) is 0 Å². The molecule has 0 aromatic rings. The molecule has 6 heteroatoms. The van der Waals surface area contributed by atoms with Crippen LogP contribution in [-0.2, 0) is 14.4 Å². The van der Waals surface area contributed by atoms with Crippen molar-refractivity contribution in [2.75, 3.05) is 6.54 Å². The first-order valence-corrected chi connectivity index (χ1v) is 5.69. The summed E-state index contributed by atoms with van der Waals surface area (Å²) < 4.78 is 0. The highest BCUT2D eigenvalue weighted by Crippen LogP contribution is 2.23. The molecule has 0 radical (unpaired) electrons. The second kappa shape index (κ2) is 5.16. The molecule has 0 saturated carbocycles. The van der Waals surface area contributed by atoms with Crippen molar-refractivity contribution in [2.24, 2.45) is 11.7 Å². The molecule has 96 valence electrons. The second-order valence-electron chi connectivity index (χ2n) is 4.67. The Balaban J connectivity index is 2.73. The molecular weight excluding hydrogens is 222 g/mol. The lowest BCUT2D eigenvalue weighted by Crippen LogP contribution is -2.51. The Bertz CT molecular complexity index is 343. The number of carbonyl (C=O) groups excluding carboxylic acids is 3. The van der Waals surface area contributed by atoms with Gasteiger partial charge >= 0.3 is 0 Å². The molecule has 0 spiro atoms. The number of nitrogens with two attached hydrogens (primary N) is 1. The Morgan fingerprint density at radius 2 is 2.00 bits per heavy atom. The molecule has 1 saturated heterocycles. The van der Waals surface area contributed by atoms with E-state index in [2.05, 4.69) is 5.32 Å². The van der Waals surface area contributed by atoms with Crippen molar-refractivity contribution in [3.05, 3.63) is 0 Å². The molecule has 0 aliphatic carbocycles. The van der Waals surface area contributed by atoms with Crippen molar-refractivity contribution in [1.82, 2.24) is 10.2 Å². The number of primary amides is 1. The fourth-order valence-corrected chi connectivity index (χ4v) is 2.17. The Hall–Kier alpha value is -1.59. The van der Waals surface area contributed by atoms with Crippen LogP contribution in [0.5, 0.6) is 0 Å². The molecule has 0 unspecified atom stereocenters. The Morgan fingerprint density at radius 1 is 1.41 bits per heavy atom. The van der Waals surface area contributed by atoms with Crippen LogP contribution in [0.4, 0.5) is 0 Å². The van der Waals surface area contributed by atoms with E-state index >= 15 is 0 Å². The number of hydrogen-bond donors (Lipinski definition) is 2. The first-order chi connectivity index (χ1) is 7.82. The molecule has 1 aliphatic rings. The van der Waals surface area contributed by atoms with Gasteiger partial charge in [0.25, 0.3) is 0 Å². The van der Waals surface area contributed by atoms with Crippen molar-refractivity contribution in [1.29, 1.82) is 0 Å².